The molecular weight excluding hydrogens is 284 g/mol. The van der Waals surface area contributed by atoms with Crippen LogP contribution in [0.25, 0.3) is 0 Å². The quantitative estimate of drug-likeness (QED) is 0.886. The van der Waals surface area contributed by atoms with E-state index >= 15 is 0 Å². The van der Waals surface area contributed by atoms with Gasteiger partial charge in [-0.05, 0) is 24.3 Å². The number of hydrogen-bond donors (Lipinski definition) is 2. The highest BCUT2D eigenvalue weighted by Crippen LogP contribution is 2.29. The van der Waals surface area contributed by atoms with Crippen LogP contribution in [0.15, 0.2) is 29.6 Å². The number of rotatable bonds is 5. The Labute approximate surface area is 129 Å². The van der Waals surface area contributed by atoms with Crippen molar-refractivity contribution >= 4 is 17.0 Å². The van der Waals surface area contributed by atoms with E-state index in [0.717, 1.165) is 22.1 Å². The smallest absolute Gasteiger partial charge is 0.119 e. The maximum atomic E-state index is 9.63. The summed E-state index contributed by atoms with van der Waals surface area (Å²) in [5.74, 6) is 0.810. The van der Waals surface area contributed by atoms with Gasteiger partial charge in [-0.1, -0.05) is 20.8 Å². The molecule has 1 heterocycles. The Bertz CT molecular complexity index is 573. The summed E-state index contributed by atoms with van der Waals surface area (Å²) in [6.45, 7) is 6.42. The molecule has 0 saturated carbocycles. The minimum absolute atomic E-state index is 0.000649. The van der Waals surface area contributed by atoms with Crippen molar-refractivity contribution in [1.29, 1.82) is 0 Å². The molecule has 2 rings (SSSR count). The van der Waals surface area contributed by atoms with Crippen molar-refractivity contribution in [2.24, 2.45) is 0 Å². The van der Waals surface area contributed by atoms with Crippen LogP contribution in [0.4, 0.5) is 5.69 Å². The lowest BCUT2D eigenvalue weighted by molar-refractivity contribution is 0.274. The van der Waals surface area contributed by atoms with E-state index in [9.17, 15) is 5.11 Å². The monoisotopic (exact) mass is 306 g/mol. The van der Waals surface area contributed by atoms with Gasteiger partial charge in [0.2, 0.25) is 0 Å². The summed E-state index contributed by atoms with van der Waals surface area (Å²) in [6.07, 6.45) is 0. The molecule has 0 amide bonds. The van der Waals surface area contributed by atoms with Crippen molar-refractivity contribution in [2.45, 2.75) is 32.2 Å². The SMILES string of the molecule is COc1ccc(NC(CO)c2csc(C(C)(C)C)n2)cc1. The first-order chi connectivity index (χ1) is 9.94. The lowest BCUT2D eigenvalue weighted by Crippen LogP contribution is -2.16. The van der Waals surface area contributed by atoms with Gasteiger partial charge >= 0.3 is 0 Å². The van der Waals surface area contributed by atoms with Crippen molar-refractivity contribution in [2.75, 3.05) is 19.0 Å². The largest absolute Gasteiger partial charge is 0.497 e. The zero-order valence-electron chi connectivity index (χ0n) is 12.9. The van der Waals surface area contributed by atoms with E-state index in [2.05, 4.69) is 31.1 Å². The number of aliphatic hydroxyl groups excluding tert-OH is 1. The topological polar surface area (TPSA) is 54.4 Å². The Balaban J connectivity index is 2.13. The Kier molecular flexibility index (Phi) is 4.85. The summed E-state index contributed by atoms with van der Waals surface area (Å²) in [5.41, 5.74) is 1.84. The number of nitrogens with one attached hydrogen (secondary N) is 1. The minimum atomic E-state index is -0.203. The van der Waals surface area contributed by atoms with E-state index in [1.54, 1.807) is 18.4 Å². The second kappa shape index (κ2) is 6.45. The Morgan fingerprint density at radius 3 is 2.43 bits per heavy atom. The minimum Gasteiger partial charge on any atom is -0.497 e. The number of hydrogen-bond acceptors (Lipinski definition) is 5. The third-order valence-corrected chi connectivity index (χ3v) is 4.42. The average Bonchev–Trinajstić information content (AvgIpc) is 2.95. The maximum absolute atomic E-state index is 9.63. The van der Waals surface area contributed by atoms with Crippen LogP contribution in [0.3, 0.4) is 0 Å². The highest BCUT2D eigenvalue weighted by molar-refractivity contribution is 7.09. The lowest BCUT2D eigenvalue weighted by Gasteiger charge is -2.17. The highest BCUT2D eigenvalue weighted by atomic mass is 32.1. The lowest BCUT2D eigenvalue weighted by atomic mass is 9.98. The molecule has 21 heavy (non-hydrogen) atoms. The number of anilines is 1. The molecule has 4 nitrogen and oxygen atoms in total. The molecule has 0 radical (unpaired) electrons. The fourth-order valence-electron chi connectivity index (χ4n) is 1.89. The van der Waals surface area contributed by atoms with Gasteiger partial charge in [0.15, 0.2) is 0 Å². The molecule has 0 bridgehead atoms. The van der Waals surface area contributed by atoms with Gasteiger partial charge in [0.05, 0.1) is 30.5 Å². The first kappa shape index (κ1) is 15.8. The normalized spacial score (nSPS) is 13.0. The molecule has 1 aromatic carbocycles. The van der Waals surface area contributed by atoms with Crippen LogP contribution >= 0.6 is 11.3 Å². The molecule has 0 saturated heterocycles. The van der Waals surface area contributed by atoms with Crippen LogP contribution in [0, 0.1) is 0 Å². The van der Waals surface area contributed by atoms with Gasteiger partial charge in [-0.25, -0.2) is 4.98 Å². The molecule has 1 atom stereocenters. The predicted molar refractivity (Wildman–Crippen MR) is 87.3 cm³/mol. The van der Waals surface area contributed by atoms with Crippen molar-refractivity contribution < 1.29 is 9.84 Å². The molecule has 0 aliphatic carbocycles. The van der Waals surface area contributed by atoms with Crippen molar-refractivity contribution in [3.8, 4) is 5.75 Å². The van der Waals surface area contributed by atoms with E-state index in [4.69, 9.17) is 4.74 Å². The fourth-order valence-corrected chi connectivity index (χ4v) is 2.85. The van der Waals surface area contributed by atoms with Crippen LogP contribution in [0.5, 0.6) is 5.75 Å². The number of nitrogens with zero attached hydrogens (tertiary/aromatic N) is 1. The maximum Gasteiger partial charge on any atom is 0.119 e. The summed E-state index contributed by atoms with van der Waals surface area (Å²) >= 11 is 1.63. The van der Waals surface area contributed by atoms with Crippen LogP contribution in [-0.2, 0) is 5.41 Å². The summed E-state index contributed by atoms with van der Waals surface area (Å²) in [7, 11) is 1.64. The molecule has 1 unspecified atom stereocenters. The van der Waals surface area contributed by atoms with Crippen molar-refractivity contribution in [3.05, 3.63) is 40.3 Å². The van der Waals surface area contributed by atoms with E-state index in [0.29, 0.717) is 0 Å². The fraction of sp³-hybridized carbons (Fsp3) is 0.438. The van der Waals surface area contributed by atoms with Crippen LogP contribution in [-0.4, -0.2) is 23.8 Å². The highest BCUT2D eigenvalue weighted by Gasteiger charge is 2.21. The third kappa shape index (κ3) is 3.95. The molecule has 0 aliphatic heterocycles. The zero-order valence-corrected chi connectivity index (χ0v) is 13.7. The van der Waals surface area contributed by atoms with E-state index < -0.39 is 0 Å². The standard InChI is InChI=1S/C16H22N2O2S/c1-16(2,3)15-18-14(10-21-15)13(9-19)17-11-5-7-12(20-4)8-6-11/h5-8,10,13,17,19H,9H2,1-4H3. The second-order valence-corrected chi connectivity index (χ2v) is 6.79. The molecule has 5 heteroatoms. The van der Waals surface area contributed by atoms with Gasteiger partial charge in [-0.15, -0.1) is 11.3 Å². The second-order valence-electron chi connectivity index (χ2n) is 5.94. The van der Waals surface area contributed by atoms with Gasteiger partial charge in [-0.2, -0.15) is 0 Å². The predicted octanol–water partition coefficient (Wildman–Crippen LogP) is 3.59. The number of aliphatic hydroxyl groups is 1. The molecule has 2 aromatic rings. The molecule has 0 spiro atoms. The van der Waals surface area contributed by atoms with Crippen molar-refractivity contribution in [3.63, 3.8) is 0 Å². The average molecular weight is 306 g/mol. The number of ether oxygens (including phenoxy) is 1. The number of aromatic nitrogens is 1. The van der Waals surface area contributed by atoms with E-state index in [-0.39, 0.29) is 18.1 Å². The molecule has 114 valence electrons. The number of methoxy groups -OCH3 is 1. The molecule has 0 aliphatic rings. The van der Waals surface area contributed by atoms with Crippen LogP contribution in [0.1, 0.15) is 37.5 Å². The van der Waals surface area contributed by atoms with Gasteiger partial charge < -0.3 is 15.2 Å². The van der Waals surface area contributed by atoms with E-state index in [1.165, 1.54) is 0 Å². The van der Waals surface area contributed by atoms with Gasteiger partial charge in [0.25, 0.3) is 0 Å². The van der Waals surface area contributed by atoms with E-state index in [1.807, 2.05) is 29.6 Å². The third-order valence-electron chi connectivity index (χ3n) is 3.13. The molecule has 2 N–H and O–H groups in total. The van der Waals surface area contributed by atoms with Gasteiger partial charge in [0, 0.05) is 16.5 Å². The summed E-state index contributed by atoms with van der Waals surface area (Å²) in [6, 6.07) is 7.43. The summed E-state index contributed by atoms with van der Waals surface area (Å²) in [5, 5.41) is 16.0. The Hall–Kier alpha value is -1.59. The summed E-state index contributed by atoms with van der Waals surface area (Å²) < 4.78 is 5.14. The van der Waals surface area contributed by atoms with Crippen LogP contribution in [0.2, 0.25) is 0 Å². The first-order valence-corrected chi connectivity index (χ1v) is 7.79. The molecule has 1 aromatic heterocycles. The van der Waals surface area contributed by atoms with Gasteiger partial charge in [0.1, 0.15) is 5.75 Å². The van der Waals surface area contributed by atoms with Gasteiger partial charge in [-0.3, -0.25) is 0 Å². The molecule has 0 fully saturated rings. The van der Waals surface area contributed by atoms with Crippen molar-refractivity contribution in [1.82, 2.24) is 4.98 Å². The van der Waals surface area contributed by atoms with Crippen LogP contribution < -0.4 is 10.1 Å². The first-order valence-electron chi connectivity index (χ1n) is 6.91. The summed E-state index contributed by atoms with van der Waals surface area (Å²) in [4.78, 5) is 4.65. The zero-order chi connectivity index (χ0) is 15.5. The number of thiazole rings is 1. The number of benzene rings is 1. The molecular formula is C16H22N2O2S. The Morgan fingerprint density at radius 1 is 1.29 bits per heavy atom. The Morgan fingerprint density at radius 2 is 1.95 bits per heavy atom.